The van der Waals surface area contributed by atoms with Gasteiger partial charge in [0.1, 0.15) is 0 Å². The highest BCUT2D eigenvalue weighted by Crippen LogP contribution is 2.35. The van der Waals surface area contributed by atoms with Crippen LogP contribution in [-0.2, 0) is 0 Å². The number of aryl methyl sites for hydroxylation is 1. The molecule has 0 spiro atoms. The van der Waals surface area contributed by atoms with E-state index in [9.17, 15) is 0 Å². The molecule has 0 saturated carbocycles. The van der Waals surface area contributed by atoms with Crippen molar-refractivity contribution >= 4 is 5.57 Å². The molecule has 1 aromatic heterocycles. The number of pyridine rings is 1. The first kappa shape index (κ1) is 10.0. The van der Waals surface area contributed by atoms with Gasteiger partial charge in [-0.2, -0.15) is 0 Å². The van der Waals surface area contributed by atoms with Crippen LogP contribution in [0.1, 0.15) is 30.5 Å². The third kappa shape index (κ3) is 1.78. The summed E-state index contributed by atoms with van der Waals surface area (Å²) < 4.78 is 0. The van der Waals surface area contributed by atoms with Gasteiger partial charge in [0, 0.05) is 17.9 Å². The maximum absolute atomic E-state index is 4.38. The van der Waals surface area contributed by atoms with Gasteiger partial charge in [0.25, 0.3) is 0 Å². The fourth-order valence-corrected chi connectivity index (χ4v) is 2.84. The van der Waals surface area contributed by atoms with E-state index in [1.165, 1.54) is 36.9 Å². The van der Waals surface area contributed by atoms with Gasteiger partial charge in [-0.05, 0) is 55.9 Å². The quantitative estimate of drug-likeness (QED) is 0.777. The minimum absolute atomic E-state index is 0.685. The molecule has 0 aromatic carbocycles. The van der Waals surface area contributed by atoms with E-state index in [1.54, 1.807) is 0 Å². The van der Waals surface area contributed by atoms with Gasteiger partial charge in [0.2, 0.25) is 0 Å². The van der Waals surface area contributed by atoms with Crippen LogP contribution in [0.25, 0.3) is 5.57 Å². The Kier molecular flexibility index (Phi) is 2.52. The van der Waals surface area contributed by atoms with Crippen molar-refractivity contribution in [3.8, 4) is 0 Å². The second-order valence-corrected chi connectivity index (χ2v) is 4.95. The van der Waals surface area contributed by atoms with Crippen molar-refractivity contribution in [2.45, 2.75) is 32.2 Å². The van der Waals surface area contributed by atoms with Gasteiger partial charge in [0.05, 0.1) is 0 Å². The lowest BCUT2D eigenvalue weighted by molar-refractivity contribution is 0.348. The molecule has 2 heteroatoms. The molecule has 2 aliphatic rings. The molecule has 1 aromatic rings. The zero-order valence-corrected chi connectivity index (χ0v) is 9.74. The molecule has 0 radical (unpaired) electrons. The van der Waals surface area contributed by atoms with Crippen LogP contribution in [0.4, 0.5) is 0 Å². The van der Waals surface area contributed by atoms with Gasteiger partial charge in [0.15, 0.2) is 0 Å². The fourth-order valence-electron chi connectivity index (χ4n) is 2.84. The standard InChI is InChI=1S/C14H18N2/c1-10-4-5-12(9-16-10)13-7-11-3-2-6-15-14(11)8-13/h4-5,7,9,11,14-15H,2-3,6,8H2,1H3. The van der Waals surface area contributed by atoms with Gasteiger partial charge in [-0.15, -0.1) is 0 Å². The number of nitrogens with zero attached hydrogens (tertiary/aromatic N) is 1. The molecular formula is C14H18N2. The van der Waals surface area contributed by atoms with Gasteiger partial charge in [-0.25, -0.2) is 0 Å². The Balaban J connectivity index is 1.83. The number of hydrogen-bond donors (Lipinski definition) is 1. The van der Waals surface area contributed by atoms with Crippen LogP contribution < -0.4 is 5.32 Å². The minimum Gasteiger partial charge on any atom is -0.313 e. The van der Waals surface area contributed by atoms with Crippen molar-refractivity contribution in [2.75, 3.05) is 6.54 Å². The molecule has 1 saturated heterocycles. The van der Waals surface area contributed by atoms with E-state index >= 15 is 0 Å². The third-order valence-corrected chi connectivity index (χ3v) is 3.77. The summed E-state index contributed by atoms with van der Waals surface area (Å²) in [4.78, 5) is 4.38. The number of fused-ring (bicyclic) bond motifs is 1. The topological polar surface area (TPSA) is 24.9 Å². The predicted molar refractivity (Wildman–Crippen MR) is 66.1 cm³/mol. The summed E-state index contributed by atoms with van der Waals surface area (Å²) in [5.41, 5.74) is 3.89. The van der Waals surface area contributed by atoms with E-state index in [-0.39, 0.29) is 0 Å². The zero-order valence-electron chi connectivity index (χ0n) is 9.74. The fraction of sp³-hybridized carbons (Fsp3) is 0.500. The summed E-state index contributed by atoms with van der Waals surface area (Å²) in [5, 5.41) is 3.62. The van der Waals surface area contributed by atoms with Crippen LogP contribution >= 0.6 is 0 Å². The summed E-state index contributed by atoms with van der Waals surface area (Å²) in [5.74, 6) is 0.755. The lowest BCUT2D eigenvalue weighted by Crippen LogP contribution is -2.37. The zero-order chi connectivity index (χ0) is 11.0. The third-order valence-electron chi connectivity index (χ3n) is 3.77. The second-order valence-electron chi connectivity index (χ2n) is 4.95. The van der Waals surface area contributed by atoms with Gasteiger partial charge < -0.3 is 5.32 Å². The van der Waals surface area contributed by atoms with E-state index in [2.05, 4.69) is 28.5 Å². The Bertz CT molecular complexity index is 405. The molecule has 1 fully saturated rings. The van der Waals surface area contributed by atoms with Crippen molar-refractivity contribution in [2.24, 2.45) is 5.92 Å². The van der Waals surface area contributed by atoms with Crippen LogP contribution in [0.5, 0.6) is 0 Å². The smallest absolute Gasteiger partial charge is 0.0373 e. The predicted octanol–water partition coefficient (Wildman–Crippen LogP) is 2.55. The molecule has 1 N–H and O–H groups in total. The van der Waals surface area contributed by atoms with E-state index in [0.29, 0.717) is 6.04 Å². The van der Waals surface area contributed by atoms with Crippen LogP contribution in [0.3, 0.4) is 0 Å². The highest BCUT2D eigenvalue weighted by Gasteiger charge is 2.29. The number of nitrogens with one attached hydrogen (secondary N) is 1. The number of rotatable bonds is 1. The van der Waals surface area contributed by atoms with Crippen LogP contribution in [0.15, 0.2) is 24.4 Å². The van der Waals surface area contributed by atoms with Crippen LogP contribution in [0, 0.1) is 12.8 Å². The Morgan fingerprint density at radius 2 is 2.31 bits per heavy atom. The summed E-state index contributed by atoms with van der Waals surface area (Å²) in [6.45, 7) is 3.22. The summed E-state index contributed by atoms with van der Waals surface area (Å²) in [7, 11) is 0. The van der Waals surface area contributed by atoms with Crippen LogP contribution in [0.2, 0.25) is 0 Å². The molecule has 0 amide bonds. The average Bonchev–Trinajstić information content (AvgIpc) is 2.73. The van der Waals surface area contributed by atoms with Crippen molar-refractivity contribution in [1.82, 2.24) is 10.3 Å². The number of aromatic nitrogens is 1. The van der Waals surface area contributed by atoms with E-state index in [0.717, 1.165) is 11.6 Å². The maximum atomic E-state index is 4.38. The number of piperidine rings is 1. The highest BCUT2D eigenvalue weighted by atomic mass is 14.9. The molecule has 2 nitrogen and oxygen atoms in total. The Hall–Kier alpha value is -1.15. The van der Waals surface area contributed by atoms with Gasteiger partial charge in [-0.1, -0.05) is 12.1 Å². The average molecular weight is 214 g/mol. The molecule has 84 valence electrons. The molecule has 1 aliphatic carbocycles. The normalized spacial score (nSPS) is 28.7. The van der Waals surface area contributed by atoms with Crippen LogP contribution in [-0.4, -0.2) is 17.6 Å². The monoisotopic (exact) mass is 214 g/mol. The molecule has 0 bridgehead atoms. The Morgan fingerprint density at radius 3 is 3.06 bits per heavy atom. The molecule has 2 unspecified atom stereocenters. The Morgan fingerprint density at radius 1 is 1.38 bits per heavy atom. The number of hydrogen-bond acceptors (Lipinski definition) is 2. The summed E-state index contributed by atoms with van der Waals surface area (Å²) in [6, 6.07) is 4.99. The van der Waals surface area contributed by atoms with Crippen molar-refractivity contribution in [1.29, 1.82) is 0 Å². The highest BCUT2D eigenvalue weighted by molar-refractivity contribution is 5.68. The van der Waals surface area contributed by atoms with Crippen molar-refractivity contribution in [3.63, 3.8) is 0 Å². The first-order valence-corrected chi connectivity index (χ1v) is 6.20. The largest absolute Gasteiger partial charge is 0.313 e. The van der Waals surface area contributed by atoms with Crippen molar-refractivity contribution in [3.05, 3.63) is 35.7 Å². The van der Waals surface area contributed by atoms with E-state index in [1.807, 2.05) is 13.1 Å². The molecule has 2 heterocycles. The van der Waals surface area contributed by atoms with Crippen molar-refractivity contribution < 1.29 is 0 Å². The molecule has 1 aliphatic heterocycles. The summed E-state index contributed by atoms with van der Waals surface area (Å²) >= 11 is 0. The first-order valence-electron chi connectivity index (χ1n) is 6.20. The maximum Gasteiger partial charge on any atom is 0.0373 e. The van der Waals surface area contributed by atoms with E-state index in [4.69, 9.17) is 0 Å². The SMILES string of the molecule is Cc1ccc(C2=CC3CCCNC3C2)cn1. The van der Waals surface area contributed by atoms with Gasteiger partial charge >= 0.3 is 0 Å². The molecule has 3 rings (SSSR count). The Labute approximate surface area is 96.8 Å². The lowest BCUT2D eigenvalue weighted by Gasteiger charge is -2.25. The van der Waals surface area contributed by atoms with E-state index < -0.39 is 0 Å². The second kappa shape index (κ2) is 4.02. The minimum atomic E-state index is 0.685. The molecular weight excluding hydrogens is 196 g/mol. The molecule has 2 atom stereocenters. The first-order chi connectivity index (χ1) is 7.83. The molecule has 16 heavy (non-hydrogen) atoms. The summed E-state index contributed by atoms with van der Waals surface area (Å²) in [6.07, 6.45) is 8.31. The lowest BCUT2D eigenvalue weighted by atomic mass is 9.94. The van der Waals surface area contributed by atoms with Gasteiger partial charge in [-0.3, -0.25) is 4.98 Å².